The van der Waals surface area contributed by atoms with Gasteiger partial charge < -0.3 is 15.3 Å². The Kier molecular flexibility index (Phi) is 7.41. The lowest BCUT2D eigenvalue weighted by molar-refractivity contribution is -0.213. The highest BCUT2D eigenvalue weighted by molar-refractivity contribution is 7.91. The summed E-state index contributed by atoms with van der Waals surface area (Å²) in [6.07, 6.45) is -2.16. The van der Waals surface area contributed by atoms with Crippen molar-refractivity contribution in [3.8, 4) is 0 Å². The van der Waals surface area contributed by atoms with Gasteiger partial charge in [-0.3, -0.25) is 4.99 Å². The SMILES string of the molecule is O=S1(=O)CCN(c2ccc(C([O-])=NC3CCCC(Nc4cc(C(F)(F)F)nc5ccc(F)cc45)C3)cc2)CC1. The molecule has 1 aromatic heterocycles. The molecule has 208 valence electrons. The minimum Gasteiger partial charge on any atom is -0.858 e. The summed E-state index contributed by atoms with van der Waals surface area (Å²) < 4.78 is 77.5. The van der Waals surface area contributed by atoms with Gasteiger partial charge in [0.2, 0.25) is 0 Å². The number of rotatable bonds is 5. The Hall–Kier alpha value is -3.41. The van der Waals surface area contributed by atoms with Gasteiger partial charge in [0, 0.05) is 35.9 Å². The molecule has 1 saturated carbocycles. The van der Waals surface area contributed by atoms with E-state index in [2.05, 4.69) is 15.3 Å². The average molecular weight is 564 g/mol. The molecular weight excluding hydrogens is 536 g/mol. The highest BCUT2D eigenvalue weighted by Gasteiger charge is 2.34. The third-order valence-electron chi connectivity index (χ3n) is 7.19. The molecule has 1 N–H and O–H groups in total. The summed E-state index contributed by atoms with van der Waals surface area (Å²) in [5.74, 6) is -0.765. The van der Waals surface area contributed by atoms with Crippen LogP contribution in [0.1, 0.15) is 36.9 Å². The second-order valence-electron chi connectivity index (χ2n) is 10.00. The first-order valence-electron chi connectivity index (χ1n) is 12.7. The highest BCUT2D eigenvalue weighted by Crippen LogP contribution is 2.35. The zero-order chi connectivity index (χ0) is 27.8. The van der Waals surface area contributed by atoms with Gasteiger partial charge in [0.25, 0.3) is 0 Å². The molecule has 7 nitrogen and oxygen atoms in total. The molecule has 2 unspecified atom stereocenters. The third kappa shape index (κ3) is 6.43. The number of hydrogen-bond acceptors (Lipinski definition) is 7. The van der Waals surface area contributed by atoms with E-state index in [9.17, 15) is 31.1 Å². The van der Waals surface area contributed by atoms with E-state index in [1.165, 1.54) is 6.07 Å². The number of sulfone groups is 1. The number of anilines is 2. The molecule has 39 heavy (non-hydrogen) atoms. The Balaban J connectivity index is 1.29. The van der Waals surface area contributed by atoms with E-state index < -0.39 is 27.5 Å². The zero-order valence-electron chi connectivity index (χ0n) is 20.9. The molecule has 0 amide bonds. The van der Waals surface area contributed by atoms with Gasteiger partial charge in [0.15, 0.2) is 9.84 Å². The van der Waals surface area contributed by atoms with Crippen LogP contribution in [0.15, 0.2) is 53.5 Å². The van der Waals surface area contributed by atoms with Crippen molar-refractivity contribution >= 4 is 38.0 Å². The van der Waals surface area contributed by atoms with Crippen molar-refractivity contribution in [2.45, 2.75) is 43.9 Å². The van der Waals surface area contributed by atoms with Crippen LogP contribution in [0.2, 0.25) is 0 Å². The van der Waals surface area contributed by atoms with E-state index in [1.54, 1.807) is 24.3 Å². The van der Waals surface area contributed by atoms with E-state index in [4.69, 9.17) is 0 Å². The Labute approximate surface area is 223 Å². The number of alkyl halides is 3. The number of nitrogens with one attached hydrogen (secondary N) is 1. The number of hydrogen-bond donors (Lipinski definition) is 1. The van der Waals surface area contributed by atoms with Crippen molar-refractivity contribution in [1.29, 1.82) is 0 Å². The fourth-order valence-electron chi connectivity index (χ4n) is 5.12. The monoisotopic (exact) mass is 563 g/mol. The van der Waals surface area contributed by atoms with E-state index >= 15 is 0 Å². The fraction of sp³-hybridized carbons (Fsp3) is 0.407. The first kappa shape index (κ1) is 27.2. The van der Waals surface area contributed by atoms with Crippen LogP contribution in [0.5, 0.6) is 0 Å². The van der Waals surface area contributed by atoms with Crippen molar-refractivity contribution in [3.05, 3.63) is 65.6 Å². The molecule has 1 saturated heterocycles. The van der Waals surface area contributed by atoms with Gasteiger partial charge in [-0.25, -0.2) is 17.8 Å². The van der Waals surface area contributed by atoms with E-state index in [1.807, 2.05) is 4.90 Å². The maximum Gasteiger partial charge on any atom is 0.433 e. The number of fused-ring (bicyclic) bond motifs is 1. The molecule has 0 spiro atoms. The zero-order valence-corrected chi connectivity index (χ0v) is 21.7. The predicted octanol–water partition coefficient (Wildman–Crippen LogP) is 4.16. The Morgan fingerprint density at radius 2 is 1.77 bits per heavy atom. The van der Waals surface area contributed by atoms with Crippen LogP contribution in [0.3, 0.4) is 0 Å². The average Bonchev–Trinajstić information content (AvgIpc) is 2.88. The second-order valence-corrected chi connectivity index (χ2v) is 12.3. The molecule has 2 heterocycles. The van der Waals surface area contributed by atoms with Crippen molar-refractivity contribution in [2.24, 2.45) is 4.99 Å². The van der Waals surface area contributed by atoms with Gasteiger partial charge in [-0.1, -0.05) is 12.1 Å². The molecule has 5 rings (SSSR count). The molecule has 12 heteroatoms. The summed E-state index contributed by atoms with van der Waals surface area (Å²) in [5.41, 5.74) is 0.359. The maximum atomic E-state index is 13.9. The lowest BCUT2D eigenvalue weighted by Gasteiger charge is -2.30. The highest BCUT2D eigenvalue weighted by atomic mass is 32.2. The molecule has 1 aliphatic carbocycles. The Morgan fingerprint density at radius 1 is 1.05 bits per heavy atom. The molecule has 0 radical (unpaired) electrons. The number of aromatic nitrogens is 1. The molecule has 2 aliphatic rings. The summed E-state index contributed by atoms with van der Waals surface area (Å²) in [6.45, 7) is 0.806. The standard InChI is InChI=1S/C27H28F4N4O3S/c28-18-6-9-23-22(14-18)24(16-25(34-23)27(29,30)31)32-19-2-1-3-20(15-19)33-26(36)17-4-7-21(8-5-17)35-10-12-39(37,38)13-11-35/h4-9,14,16,19-20H,1-3,10-13,15H2,(H,32,34)(H,33,36)/p-1. The van der Waals surface area contributed by atoms with Crippen molar-refractivity contribution in [1.82, 2.24) is 4.98 Å². The van der Waals surface area contributed by atoms with Crippen LogP contribution >= 0.6 is 0 Å². The first-order chi connectivity index (χ1) is 18.5. The quantitative estimate of drug-likeness (QED) is 0.285. The number of aliphatic imine (C=N–C) groups is 1. The van der Waals surface area contributed by atoms with Gasteiger partial charge in [0.1, 0.15) is 11.5 Å². The molecular formula is C27H27F4N4O3S-. The summed E-state index contributed by atoms with van der Waals surface area (Å²) in [4.78, 5) is 9.98. The lowest BCUT2D eigenvalue weighted by atomic mass is 9.91. The largest absolute Gasteiger partial charge is 0.858 e. The summed E-state index contributed by atoms with van der Waals surface area (Å²) in [6, 6.07) is 10.7. The summed E-state index contributed by atoms with van der Waals surface area (Å²) in [5, 5.41) is 16.2. The topological polar surface area (TPSA) is 97.7 Å². The minimum absolute atomic E-state index is 0.0376. The van der Waals surface area contributed by atoms with Gasteiger partial charge in [-0.2, -0.15) is 13.2 Å². The van der Waals surface area contributed by atoms with Crippen molar-refractivity contribution in [3.63, 3.8) is 0 Å². The molecule has 3 aromatic rings. The van der Waals surface area contributed by atoms with Gasteiger partial charge >= 0.3 is 6.18 Å². The van der Waals surface area contributed by atoms with Crippen LogP contribution in [-0.2, 0) is 16.0 Å². The molecule has 1 aliphatic heterocycles. The maximum absolute atomic E-state index is 13.9. The van der Waals surface area contributed by atoms with Gasteiger partial charge in [0.05, 0.1) is 23.1 Å². The fourth-order valence-corrected chi connectivity index (χ4v) is 6.32. The first-order valence-corrected chi connectivity index (χ1v) is 14.5. The number of pyridine rings is 1. The molecule has 2 atom stereocenters. The van der Waals surface area contributed by atoms with Crippen LogP contribution in [0.25, 0.3) is 10.9 Å². The second kappa shape index (κ2) is 10.6. The lowest BCUT2D eigenvalue weighted by Crippen LogP contribution is -2.40. The molecule has 0 bridgehead atoms. The number of benzene rings is 2. The van der Waals surface area contributed by atoms with Gasteiger partial charge in [-0.05, 0) is 73.5 Å². The Bertz CT molecular complexity index is 1480. The number of nitrogens with zero attached hydrogens (tertiary/aromatic N) is 3. The van der Waals surface area contributed by atoms with Crippen LogP contribution in [0, 0.1) is 5.82 Å². The Morgan fingerprint density at radius 3 is 2.46 bits per heavy atom. The molecule has 2 aromatic carbocycles. The van der Waals surface area contributed by atoms with Crippen LogP contribution < -0.4 is 15.3 Å². The van der Waals surface area contributed by atoms with E-state index in [0.29, 0.717) is 37.9 Å². The molecule has 2 fully saturated rings. The third-order valence-corrected chi connectivity index (χ3v) is 8.80. The van der Waals surface area contributed by atoms with E-state index in [-0.39, 0.29) is 46.1 Å². The predicted molar refractivity (Wildman–Crippen MR) is 140 cm³/mol. The van der Waals surface area contributed by atoms with Crippen molar-refractivity contribution < 1.29 is 31.1 Å². The van der Waals surface area contributed by atoms with Crippen molar-refractivity contribution in [2.75, 3.05) is 34.8 Å². The van der Waals surface area contributed by atoms with E-state index in [0.717, 1.165) is 30.3 Å². The van der Waals surface area contributed by atoms with Crippen LogP contribution in [0.4, 0.5) is 28.9 Å². The van der Waals surface area contributed by atoms with Crippen LogP contribution in [-0.4, -0.2) is 56.0 Å². The smallest absolute Gasteiger partial charge is 0.433 e. The minimum atomic E-state index is -4.66. The summed E-state index contributed by atoms with van der Waals surface area (Å²) >= 11 is 0. The summed E-state index contributed by atoms with van der Waals surface area (Å²) in [7, 11) is -2.99. The normalized spacial score (nSPS) is 22.2. The van der Waals surface area contributed by atoms with Gasteiger partial charge in [-0.15, -0.1) is 0 Å². The number of halogens is 4.